The maximum atomic E-state index is 3.59. The fourth-order valence-electron chi connectivity index (χ4n) is 4.63. The molecule has 16 heavy (non-hydrogen) atoms. The molecule has 1 saturated heterocycles. The third-order valence-corrected chi connectivity index (χ3v) is 5.97. The number of likely N-dealkylation sites (N-methyl/N-ethyl adjacent to an activating group) is 1. The van der Waals surface area contributed by atoms with Crippen molar-refractivity contribution in [2.75, 3.05) is 26.7 Å². The van der Waals surface area contributed by atoms with Gasteiger partial charge in [0.2, 0.25) is 0 Å². The molecule has 92 valence electrons. The highest BCUT2D eigenvalue weighted by atomic mass is 15.2. The number of hydrogen-bond acceptors (Lipinski definition) is 2. The van der Waals surface area contributed by atoms with E-state index in [1.165, 1.54) is 38.9 Å². The quantitative estimate of drug-likeness (QED) is 0.729. The Labute approximate surface area is 99.8 Å². The van der Waals surface area contributed by atoms with Crippen LogP contribution in [-0.4, -0.2) is 37.6 Å². The summed E-state index contributed by atoms with van der Waals surface area (Å²) in [6.07, 6.45) is 4.48. The molecule has 0 aromatic heterocycles. The Hall–Kier alpha value is -0.0800. The molecule has 2 bridgehead atoms. The van der Waals surface area contributed by atoms with Crippen LogP contribution in [0.5, 0.6) is 0 Å². The third kappa shape index (κ3) is 1.46. The van der Waals surface area contributed by atoms with Gasteiger partial charge in [0, 0.05) is 25.7 Å². The predicted octanol–water partition coefficient (Wildman–Crippen LogP) is 1.96. The molecule has 0 aromatic rings. The second-order valence-corrected chi connectivity index (χ2v) is 6.85. The highest BCUT2D eigenvalue weighted by Gasteiger charge is 2.56. The van der Waals surface area contributed by atoms with Crippen LogP contribution in [0.3, 0.4) is 0 Å². The maximum absolute atomic E-state index is 3.59. The summed E-state index contributed by atoms with van der Waals surface area (Å²) in [4.78, 5) is 2.61. The summed E-state index contributed by atoms with van der Waals surface area (Å²) in [6, 6.07) is 0.805. The second-order valence-electron chi connectivity index (χ2n) is 6.85. The van der Waals surface area contributed by atoms with Gasteiger partial charge in [-0.2, -0.15) is 0 Å². The molecule has 4 unspecified atom stereocenters. The van der Waals surface area contributed by atoms with Gasteiger partial charge in [0.25, 0.3) is 0 Å². The molecule has 0 spiro atoms. The minimum atomic E-state index is 0.640. The summed E-state index contributed by atoms with van der Waals surface area (Å²) in [5.74, 6) is 2.99. The molecule has 3 aliphatic carbocycles. The van der Waals surface area contributed by atoms with Crippen molar-refractivity contribution in [1.29, 1.82) is 0 Å². The van der Waals surface area contributed by atoms with Gasteiger partial charge in [0.15, 0.2) is 0 Å². The zero-order valence-electron chi connectivity index (χ0n) is 11.0. The van der Waals surface area contributed by atoms with Crippen molar-refractivity contribution < 1.29 is 0 Å². The van der Waals surface area contributed by atoms with Crippen molar-refractivity contribution in [2.45, 2.75) is 39.2 Å². The van der Waals surface area contributed by atoms with E-state index in [4.69, 9.17) is 0 Å². The first-order chi connectivity index (χ1) is 7.60. The van der Waals surface area contributed by atoms with Crippen molar-refractivity contribution >= 4 is 0 Å². The monoisotopic (exact) mass is 222 g/mol. The second kappa shape index (κ2) is 3.71. The minimum Gasteiger partial charge on any atom is -0.314 e. The van der Waals surface area contributed by atoms with E-state index in [0.717, 1.165) is 23.8 Å². The standard InChI is InChI=1S/C14H26N2/c1-14(2)10-4-5-11(12(14)8-10)13-9-15-6-7-16(13)3/h10-13,15H,4-9H2,1-3H3. The summed E-state index contributed by atoms with van der Waals surface area (Å²) >= 11 is 0. The molecule has 4 atom stereocenters. The number of nitrogens with one attached hydrogen (secondary N) is 1. The predicted molar refractivity (Wildman–Crippen MR) is 67.4 cm³/mol. The first-order valence-electron chi connectivity index (χ1n) is 7.01. The minimum absolute atomic E-state index is 0.640. The lowest BCUT2D eigenvalue weighted by atomic mass is 9.44. The molecular weight excluding hydrogens is 196 g/mol. The van der Waals surface area contributed by atoms with E-state index in [2.05, 4.69) is 31.1 Å². The van der Waals surface area contributed by atoms with E-state index in [-0.39, 0.29) is 0 Å². The number of nitrogens with zero attached hydrogens (tertiary/aromatic N) is 1. The van der Waals surface area contributed by atoms with Crippen LogP contribution < -0.4 is 5.32 Å². The topological polar surface area (TPSA) is 15.3 Å². The maximum Gasteiger partial charge on any atom is 0.0249 e. The van der Waals surface area contributed by atoms with Crippen LogP contribution in [-0.2, 0) is 0 Å². The molecule has 1 heterocycles. The molecule has 2 nitrogen and oxygen atoms in total. The van der Waals surface area contributed by atoms with Gasteiger partial charge in [-0.25, -0.2) is 0 Å². The Bertz CT molecular complexity index is 272. The van der Waals surface area contributed by atoms with E-state index in [0.29, 0.717) is 5.41 Å². The summed E-state index contributed by atoms with van der Waals surface area (Å²) < 4.78 is 0. The smallest absolute Gasteiger partial charge is 0.0249 e. The molecule has 1 N–H and O–H groups in total. The fourth-order valence-corrected chi connectivity index (χ4v) is 4.63. The SMILES string of the molecule is CN1CCNCC1C1CCC2CC1C2(C)C. The molecule has 0 radical (unpaired) electrons. The molecule has 1 aliphatic heterocycles. The van der Waals surface area contributed by atoms with Gasteiger partial charge in [-0.05, 0) is 49.5 Å². The largest absolute Gasteiger partial charge is 0.314 e. The molecule has 3 saturated carbocycles. The van der Waals surface area contributed by atoms with E-state index >= 15 is 0 Å². The number of fused-ring (bicyclic) bond motifs is 2. The molecule has 4 rings (SSSR count). The van der Waals surface area contributed by atoms with Gasteiger partial charge < -0.3 is 10.2 Å². The number of piperazine rings is 1. The van der Waals surface area contributed by atoms with Crippen molar-refractivity contribution in [1.82, 2.24) is 10.2 Å². The van der Waals surface area contributed by atoms with Crippen LogP contribution in [0.15, 0.2) is 0 Å². The van der Waals surface area contributed by atoms with E-state index in [1.54, 1.807) is 0 Å². The van der Waals surface area contributed by atoms with E-state index < -0.39 is 0 Å². The average Bonchev–Trinajstić information content (AvgIpc) is 2.29. The lowest BCUT2D eigenvalue weighted by Crippen LogP contribution is -2.61. The Kier molecular flexibility index (Phi) is 2.56. The van der Waals surface area contributed by atoms with Gasteiger partial charge in [0.05, 0.1) is 0 Å². The average molecular weight is 222 g/mol. The van der Waals surface area contributed by atoms with Crippen molar-refractivity contribution in [2.24, 2.45) is 23.2 Å². The van der Waals surface area contributed by atoms with Crippen LogP contribution in [0.4, 0.5) is 0 Å². The lowest BCUT2D eigenvalue weighted by molar-refractivity contribution is -0.127. The summed E-state index contributed by atoms with van der Waals surface area (Å²) in [7, 11) is 2.32. The van der Waals surface area contributed by atoms with E-state index in [1.807, 2.05) is 0 Å². The number of rotatable bonds is 1. The highest BCUT2D eigenvalue weighted by Crippen LogP contribution is 2.62. The van der Waals surface area contributed by atoms with Crippen LogP contribution >= 0.6 is 0 Å². The first-order valence-corrected chi connectivity index (χ1v) is 7.01. The van der Waals surface area contributed by atoms with Gasteiger partial charge in [-0.3, -0.25) is 0 Å². The molecule has 4 fully saturated rings. The Morgan fingerprint density at radius 1 is 1.25 bits per heavy atom. The highest BCUT2D eigenvalue weighted by molar-refractivity contribution is 5.06. The summed E-state index contributed by atoms with van der Waals surface area (Å²) in [6.45, 7) is 8.65. The van der Waals surface area contributed by atoms with Gasteiger partial charge >= 0.3 is 0 Å². The zero-order valence-corrected chi connectivity index (χ0v) is 11.0. The Morgan fingerprint density at radius 3 is 2.69 bits per heavy atom. The number of hydrogen-bond donors (Lipinski definition) is 1. The molecule has 2 heteroatoms. The van der Waals surface area contributed by atoms with Gasteiger partial charge in [-0.15, -0.1) is 0 Å². The molecule has 4 aliphatic rings. The first kappa shape index (κ1) is 11.0. The van der Waals surface area contributed by atoms with Crippen LogP contribution in [0.25, 0.3) is 0 Å². The normalized spacial score (nSPS) is 47.4. The van der Waals surface area contributed by atoms with Crippen LogP contribution in [0.2, 0.25) is 0 Å². The Morgan fingerprint density at radius 2 is 2.06 bits per heavy atom. The van der Waals surface area contributed by atoms with Crippen molar-refractivity contribution in [3.63, 3.8) is 0 Å². The lowest BCUT2D eigenvalue weighted by Gasteiger charge is -2.62. The zero-order chi connectivity index (χ0) is 11.3. The molecular formula is C14H26N2. The Balaban J connectivity index is 1.74. The molecule has 0 amide bonds. The van der Waals surface area contributed by atoms with Crippen LogP contribution in [0.1, 0.15) is 33.1 Å². The van der Waals surface area contributed by atoms with Crippen LogP contribution in [0, 0.1) is 23.2 Å². The third-order valence-electron chi connectivity index (χ3n) is 5.97. The van der Waals surface area contributed by atoms with E-state index in [9.17, 15) is 0 Å². The van der Waals surface area contributed by atoms with Crippen molar-refractivity contribution in [3.05, 3.63) is 0 Å². The van der Waals surface area contributed by atoms with Gasteiger partial charge in [0.1, 0.15) is 0 Å². The fraction of sp³-hybridized carbons (Fsp3) is 1.00. The van der Waals surface area contributed by atoms with Crippen molar-refractivity contribution in [3.8, 4) is 0 Å². The summed E-state index contributed by atoms with van der Waals surface area (Å²) in [5, 5.41) is 3.59. The van der Waals surface area contributed by atoms with Gasteiger partial charge in [-0.1, -0.05) is 13.8 Å². The molecule has 0 aromatic carbocycles. The summed E-state index contributed by atoms with van der Waals surface area (Å²) in [5.41, 5.74) is 0.640.